The van der Waals surface area contributed by atoms with E-state index in [1.165, 1.54) is 5.56 Å². The zero-order chi connectivity index (χ0) is 22.0. The Hall–Kier alpha value is -2.80. The van der Waals surface area contributed by atoms with E-state index in [-0.39, 0.29) is 29.4 Å². The van der Waals surface area contributed by atoms with Crippen molar-refractivity contribution in [2.24, 2.45) is 11.8 Å². The van der Waals surface area contributed by atoms with Crippen LogP contribution in [0, 0.1) is 11.8 Å². The number of hydrogen-bond acceptors (Lipinski definition) is 5. The molecule has 1 heterocycles. The van der Waals surface area contributed by atoms with Gasteiger partial charge >= 0.3 is 5.97 Å². The second-order valence-corrected chi connectivity index (χ2v) is 8.90. The minimum atomic E-state index is -0.759. The van der Waals surface area contributed by atoms with Gasteiger partial charge in [-0.3, -0.25) is 24.1 Å². The summed E-state index contributed by atoms with van der Waals surface area (Å²) in [4.78, 5) is 51.0. The Morgan fingerprint density at radius 2 is 1.61 bits per heavy atom. The molecule has 2 amide bonds. The zero-order valence-corrected chi connectivity index (χ0v) is 18.4. The van der Waals surface area contributed by atoms with Gasteiger partial charge in [0.1, 0.15) is 6.54 Å². The highest BCUT2D eigenvalue weighted by Gasteiger charge is 2.50. The summed E-state index contributed by atoms with van der Waals surface area (Å²) in [5, 5.41) is 0. The van der Waals surface area contributed by atoms with Crippen molar-refractivity contribution in [1.29, 1.82) is 0 Å². The summed E-state index contributed by atoms with van der Waals surface area (Å²) in [5.74, 6) is -2.27. The molecule has 0 unspecified atom stereocenters. The van der Waals surface area contributed by atoms with E-state index in [0.29, 0.717) is 18.4 Å². The van der Waals surface area contributed by atoms with Gasteiger partial charge in [-0.25, -0.2) is 0 Å². The Morgan fingerprint density at radius 3 is 2.32 bits per heavy atom. The van der Waals surface area contributed by atoms with Crippen LogP contribution in [-0.2, 0) is 19.1 Å². The van der Waals surface area contributed by atoms with Gasteiger partial charge in [0, 0.05) is 10.0 Å². The van der Waals surface area contributed by atoms with Gasteiger partial charge in [0.05, 0.1) is 11.8 Å². The average molecular weight is 484 g/mol. The number of nitrogens with zero attached hydrogens (tertiary/aromatic N) is 1. The molecule has 3 atom stereocenters. The number of fused-ring (bicyclic) bond motifs is 1. The SMILES string of the molecule is O=C(CN1C(=O)[C@H]2C[C@H](c3ccccc3)CC[C@H]2C1=O)OCC(=O)c1ccc(Br)cc1. The molecule has 0 spiro atoms. The summed E-state index contributed by atoms with van der Waals surface area (Å²) < 4.78 is 5.88. The maximum atomic E-state index is 12.9. The summed E-state index contributed by atoms with van der Waals surface area (Å²) in [5.41, 5.74) is 1.59. The molecule has 2 fully saturated rings. The number of ether oxygens (including phenoxy) is 1. The number of amides is 2. The molecule has 1 saturated heterocycles. The standard InChI is InChI=1S/C24H22BrNO5/c25-18-9-6-16(7-10-18)21(27)14-31-22(28)13-26-23(29)19-11-8-17(12-20(19)24(26)30)15-4-2-1-3-5-15/h1-7,9-10,17,19-20H,8,11-14H2/t17-,19-,20+/m1/s1. The normalized spacial score (nSPS) is 22.9. The second-order valence-electron chi connectivity index (χ2n) is 7.99. The fourth-order valence-corrected chi connectivity index (χ4v) is 4.74. The number of rotatable bonds is 6. The van der Waals surface area contributed by atoms with Crippen LogP contribution in [-0.4, -0.2) is 41.6 Å². The quantitative estimate of drug-likeness (QED) is 0.355. The molecule has 31 heavy (non-hydrogen) atoms. The Morgan fingerprint density at radius 1 is 0.935 bits per heavy atom. The van der Waals surface area contributed by atoms with Crippen LogP contribution in [0.4, 0.5) is 0 Å². The molecule has 0 aromatic heterocycles. The van der Waals surface area contributed by atoms with Gasteiger partial charge in [-0.2, -0.15) is 0 Å². The highest BCUT2D eigenvalue weighted by Crippen LogP contribution is 2.44. The highest BCUT2D eigenvalue weighted by atomic mass is 79.9. The van der Waals surface area contributed by atoms with Crippen LogP contribution < -0.4 is 0 Å². The maximum Gasteiger partial charge on any atom is 0.326 e. The van der Waals surface area contributed by atoms with E-state index in [1.54, 1.807) is 24.3 Å². The molecule has 0 radical (unpaired) electrons. The van der Waals surface area contributed by atoms with Gasteiger partial charge in [-0.05, 0) is 42.9 Å². The van der Waals surface area contributed by atoms with Crippen molar-refractivity contribution in [2.75, 3.05) is 13.2 Å². The van der Waals surface area contributed by atoms with E-state index in [1.807, 2.05) is 30.3 Å². The van der Waals surface area contributed by atoms with E-state index in [4.69, 9.17) is 4.74 Å². The van der Waals surface area contributed by atoms with E-state index in [2.05, 4.69) is 15.9 Å². The first-order chi connectivity index (χ1) is 14.9. The number of esters is 1. The molecule has 4 rings (SSSR count). The molecule has 160 valence electrons. The van der Waals surface area contributed by atoms with Crippen LogP contribution >= 0.6 is 15.9 Å². The molecular formula is C24H22BrNO5. The molecule has 6 nitrogen and oxygen atoms in total. The summed E-state index contributed by atoms with van der Waals surface area (Å²) in [6, 6.07) is 16.7. The van der Waals surface area contributed by atoms with Crippen LogP contribution in [0.3, 0.4) is 0 Å². The van der Waals surface area contributed by atoms with Crippen molar-refractivity contribution in [3.05, 3.63) is 70.2 Å². The molecule has 7 heteroatoms. The molecule has 1 saturated carbocycles. The average Bonchev–Trinajstić information content (AvgIpc) is 3.03. The van der Waals surface area contributed by atoms with Crippen LogP contribution in [0.2, 0.25) is 0 Å². The lowest BCUT2D eigenvalue weighted by atomic mass is 9.73. The molecule has 1 aliphatic heterocycles. The number of imide groups is 1. The third kappa shape index (κ3) is 4.61. The molecule has 2 aromatic rings. The highest BCUT2D eigenvalue weighted by molar-refractivity contribution is 9.10. The first-order valence-corrected chi connectivity index (χ1v) is 11.1. The van der Waals surface area contributed by atoms with Crippen LogP contribution in [0.5, 0.6) is 0 Å². The van der Waals surface area contributed by atoms with E-state index in [0.717, 1.165) is 15.8 Å². The first-order valence-electron chi connectivity index (χ1n) is 10.3. The third-order valence-corrected chi connectivity index (χ3v) is 6.63. The summed E-state index contributed by atoms with van der Waals surface area (Å²) in [7, 11) is 0. The largest absolute Gasteiger partial charge is 0.456 e. The van der Waals surface area contributed by atoms with Crippen LogP contribution in [0.1, 0.15) is 41.1 Å². The van der Waals surface area contributed by atoms with Crippen molar-refractivity contribution >= 4 is 39.5 Å². The fraction of sp³-hybridized carbons (Fsp3) is 0.333. The number of hydrogen-bond donors (Lipinski definition) is 0. The minimum absolute atomic E-state index is 0.231. The molecule has 0 N–H and O–H groups in total. The molecule has 0 bridgehead atoms. The molecular weight excluding hydrogens is 462 g/mol. The number of halogens is 1. The van der Waals surface area contributed by atoms with Crippen molar-refractivity contribution in [1.82, 2.24) is 4.90 Å². The zero-order valence-electron chi connectivity index (χ0n) is 16.8. The number of carbonyl (C=O) groups is 4. The van der Waals surface area contributed by atoms with E-state index in [9.17, 15) is 19.2 Å². The van der Waals surface area contributed by atoms with Gasteiger partial charge in [0.2, 0.25) is 11.8 Å². The first kappa shape index (κ1) is 21.4. The topological polar surface area (TPSA) is 80.8 Å². The monoisotopic (exact) mass is 483 g/mol. The van der Waals surface area contributed by atoms with Gasteiger partial charge in [-0.15, -0.1) is 0 Å². The van der Waals surface area contributed by atoms with Crippen molar-refractivity contribution in [3.8, 4) is 0 Å². The number of ketones is 1. The molecule has 2 aromatic carbocycles. The lowest BCUT2D eigenvalue weighted by molar-refractivity contribution is -0.152. The Kier molecular flexibility index (Phi) is 6.32. The Balaban J connectivity index is 1.34. The van der Waals surface area contributed by atoms with Gasteiger partial charge < -0.3 is 4.74 Å². The number of benzene rings is 2. The summed E-state index contributed by atoms with van der Waals surface area (Å²) >= 11 is 3.29. The Labute approximate surface area is 188 Å². The number of Topliss-reactive ketones (excluding diaryl/α,β-unsaturated/α-hetero) is 1. The number of carbonyl (C=O) groups excluding carboxylic acids is 4. The predicted octanol–water partition coefficient (Wildman–Crippen LogP) is 3.74. The second kappa shape index (κ2) is 9.14. The van der Waals surface area contributed by atoms with Gasteiger partial charge in [-0.1, -0.05) is 58.4 Å². The maximum absolute atomic E-state index is 12.9. The lowest BCUT2D eigenvalue weighted by Gasteiger charge is -2.28. The smallest absolute Gasteiger partial charge is 0.326 e. The summed E-state index contributed by atoms with van der Waals surface area (Å²) in [6.07, 6.45) is 2.07. The van der Waals surface area contributed by atoms with Gasteiger partial charge in [0.25, 0.3) is 0 Å². The molecule has 1 aliphatic carbocycles. The van der Waals surface area contributed by atoms with Crippen molar-refractivity contribution in [3.63, 3.8) is 0 Å². The Bertz CT molecular complexity index is 1000. The van der Waals surface area contributed by atoms with Crippen molar-refractivity contribution < 1.29 is 23.9 Å². The van der Waals surface area contributed by atoms with Gasteiger partial charge in [0.15, 0.2) is 12.4 Å². The minimum Gasteiger partial charge on any atom is -0.456 e. The van der Waals surface area contributed by atoms with Crippen LogP contribution in [0.15, 0.2) is 59.1 Å². The lowest BCUT2D eigenvalue weighted by Crippen LogP contribution is -2.37. The third-order valence-electron chi connectivity index (χ3n) is 6.11. The number of likely N-dealkylation sites (tertiary alicyclic amines) is 1. The summed E-state index contributed by atoms with van der Waals surface area (Å²) in [6.45, 7) is -0.881. The van der Waals surface area contributed by atoms with Crippen LogP contribution in [0.25, 0.3) is 0 Å². The van der Waals surface area contributed by atoms with E-state index < -0.39 is 25.0 Å². The van der Waals surface area contributed by atoms with Crippen molar-refractivity contribution in [2.45, 2.75) is 25.2 Å². The van der Waals surface area contributed by atoms with E-state index >= 15 is 0 Å². The molecule has 2 aliphatic rings. The fourth-order valence-electron chi connectivity index (χ4n) is 4.47. The predicted molar refractivity (Wildman–Crippen MR) is 116 cm³/mol.